The maximum atomic E-state index is 11.9. The average Bonchev–Trinajstić information content (AvgIpc) is 2.28. The van der Waals surface area contributed by atoms with E-state index in [0.717, 1.165) is 12.1 Å². The zero-order valence-electron chi connectivity index (χ0n) is 9.81. The molecule has 0 aliphatic rings. The number of carbonyl (C=O) groups is 1. The van der Waals surface area contributed by atoms with Crippen LogP contribution in [0.2, 0.25) is 0 Å². The molecule has 0 fully saturated rings. The third-order valence-electron chi connectivity index (χ3n) is 2.21. The summed E-state index contributed by atoms with van der Waals surface area (Å²) in [4.78, 5) is 10.6. The van der Waals surface area contributed by atoms with Crippen molar-refractivity contribution in [2.75, 3.05) is 0 Å². The molecule has 0 spiro atoms. The van der Waals surface area contributed by atoms with E-state index in [1.165, 1.54) is 19.1 Å². The average molecular weight is 296 g/mol. The van der Waals surface area contributed by atoms with Crippen LogP contribution < -0.4 is 4.74 Å². The molecule has 106 valence electrons. The van der Waals surface area contributed by atoms with Gasteiger partial charge in [-0.25, -0.2) is 0 Å². The van der Waals surface area contributed by atoms with Gasteiger partial charge in [-0.05, 0) is 24.6 Å². The van der Waals surface area contributed by atoms with Crippen LogP contribution in [0.1, 0.15) is 12.5 Å². The normalized spacial score (nSPS) is 14.7. The number of benzene rings is 1. The molecule has 0 saturated heterocycles. The van der Waals surface area contributed by atoms with Crippen LogP contribution in [0.3, 0.4) is 0 Å². The van der Waals surface area contributed by atoms with E-state index >= 15 is 0 Å². The molecule has 2 unspecified atom stereocenters. The van der Waals surface area contributed by atoms with Gasteiger partial charge >= 0.3 is 12.3 Å². The Balaban J connectivity index is 2.67. The number of rotatable bonds is 5. The van der Waals surface area contributed by atoms with Crippen LogP contribution in [0.4, 0.5) is 13.2 Å². The Hall–Kier alpha value is -1.57. The van der Waals surface area contributed by atoms with Gasteiger partial charge in [0.25, 0.3) is 0 Å². The first-order valence-electron chi connectivity index (χ1n) is 5.13. The van der Waals surface area contributed by atoms with E-state index in [1.54, 1.807) is 0 Å². The van der Waals surface area contributed by atoms with Crippen LogP contribution in [0, 0.1) is 0 Å². The van der Waals surface area contributed by atoms with E-state index in [-0.39, 0.29) is 11.5 Å². The van der Waals surface area contributed by atoms with Gasteiger partial charge in [0.1, 0.15) is 11.0 Å². The maximum absolute atomic E-state index is 11.9. The minimum atomic E-state index is -4.76. The van der Waals surface area contributed by atoms with Gasteiger partial charge in [-0.2, -0.15) is 0 Å². The summed E-state index contributed by atoms with van der Waals surface area (Å²) >= 11 is 0. The van der Waals surface area contributed by atoms with Crippen molar-refractivity contribution in [3.8, 4) is 5.75 Å². The van der Waals surface area contributed by atoms with Crippen LogP contribution in [-0.2, 0) is 21.3 Å². The minimum absolute atomic E-state index is 0.0419. The van der Waals surface area contributed by atoms with Crippen LogP contribution in [-0.4, -0.2) is 26.9 Å². The van der Waals surface area contributed by atoms with Crippen molar-refractivity contribution in [3.05, 3.63) is 29.8 Å². The van der Waals surface area contributed by atoms with Crippen molar-refractivity contribution in [1.82, 2.24) is 0 Å². The Morgan fingerprint density at radius 3 is 2.32 bits per heavy atom. The SMILES string of the molecule is CC(C(=O)O)S(=O)Cc1ccc(OC(F)(F)F)cc1. The van der Waals surface area contributed by atoms with Crippen molar-refractivity contribution in [2.45, 2.75) is 24.3 Å². The zero-order chi connectivity index (χ0) is 14.6. The molecule has 0 aliphatic heterocycles. The lowest BCUT2D eigenvalue weighted by Gasteiger charge is -2.10. The molecule has 0 heterocycles. The molecule has 0 bridgehead atoms. The molecule has 4 nitrogen and oxygen atoms in total. The molecule has 19 heavy (non-hydrogen) atoms. The highest BCUT2D eigenvalue weighted by molar-refractivity contribution is 7.85. The van der Waals surface area contributed by atoms with Crippen LogP contribution in [0.5, 0.6) is 5.75 Å². The second kappa shape index (κ2) is 6.05. The summed E-state index contributed by atoms with van der Waals surface area (Å²) in [6.07, 6.45) is -4.76. The van der Waals surface area contributed by atoms with Gasteiger partial charge in [-0.3, -0.25) is 9.00 Å². The molecular weight excluding hydrogens is 285 g/mol. The lowest BCUT2D eigenvalue weighted by molar-refractivity contribution is -0.274. The summed E-state index contributed by atoms with van der Waals surface area (Å²) in [5.41, 5.74) is 0.473. The molecule has 0 saturated carbocycles. The predicted molar refractivity (Wildman–Crippen MR) is 62.1 cm³/mol. The fourth-order valence-electron chi connectivity index (χ4n) is 1.19. The first-order valence-corrected chi connectivity index (χ1v) is 6.52. The number of ether oxygens (including phenoxy) is 1. The van der Waals surface area contributed by atoms with Crippen molar-refractivity contribution in [3.63, 3.8) is 0 Å². The molecular formula is C11H11F3O4S. The molecule has 0 aromatic heterocycles. The maximum Gasteiger partial charge on any atom is 0.573 e. The first-order chi connectivity index (χ1) is 8.69. The fourth-order valence-corrected chi connectivity index (χ4v) is 2.18. The second-order valence-corrected chi connectivity index (χ2v) is 5.45. The highest BCUT2D eigenvalue weighted by atomic mass is 32.2. The number of hydrogen-bond donors (Lipinski definition) is 1. The highest BCUT2D eigenvalue weighted by Gasteiger charge is 2.31. The van der Waals surface area contributed by atoms with E-state index in [1.807, 2.05) is 0 Å². The third kappa shape index (κ3) is 5.29. The molecule has 0 amide bonds. The molecule has 0 aliphatic carbocycles. The monoisotopic (exact) mass is 296 g/mol. The summed E-state index contributed by atoms with van der Waals surface area (Å²) < 4.78 is 51.0. The summed E-state index contributed by atoms with van der Waals surface area (Å²) in [6, 6.07) is 4.80. The van der Waals surface area contributed by atoms with Crippen molar-refractivity contribution >= 4 is 16.8 Å². The summed E-state index contributed by atoms with van der Waals surface area (Å²) in [6.45, 7) is 1.31. The Morgan fingerprint density at radius 2 is 1.89 bits per heavy atom. The summed E-state index contributed by atoms with van der Waals surface area (Å²) in [5, 5.41) is 7.63. The van der Waals surface area contributed by atoms with Crippen LogP contribution >= 0.6 is 0 Å². The van der Waals surface area contributed by atoms with Gasteiger partial charge in [-0.1, -0.05) is 12.1 Å². The van der Waals surface area contributed by atoms with Crippen LogP contribution in [0.15, 0.2) is 24.3 Å². The zero-order valence-corrected chi connectivity index (χ0v) is 10.6. The Labute approximate surface area is 109 Å². The number of carboxylic acid groups (broad SMARTS) is 1. The number of alkyl halides is 3. The van der Waals surface area contributed by atoms with Gasteiger partial charge in [-0.15, -0.1) is 13.2 Å². The number of hydrogen-bond acceptors (Lipinski definition) is 3. The van der Waals surface area contributed by atoms with Gasteiger partial charge in [0.15, 0.2) is 0 Å². The van der Waals surface area contributed by atoms with Gasteiger partial charge in [0.2, 0.25) is 0 Å². The molecule has 8 heteroatoms. The standard InChI is InChI=1S/C11H11F3O4S/c1-7(10(15)16)19(17)6-8-2-4-9(5-3-8)18-11(12,13)14/h2-5,7H,6H2,1H3,(H,15,16). The first kappa shape index (κ1) is 15.5. The van der Waals surface area contributed by atoms with E-state index in [2.05, 4.69) is 4.74 Å². The van der Waals surface area contributed by atoms with Crippen molar-refractivity contribution in [1.29, 1.82) is 0 Å². The highest BCUT2D eigenvalue weighted by Crippen LogP contribution is 2.23. The number of halogens is 3. The minimum Gasteiger partial charge on any atom is -0.480 e. The van der Waals surface area contributed by atoms with E-state index in [0.29, 0.717) is 5.56 Å². The summed E-state index contributed by atoms with van der Waals surface area (Å²) in [5.74, 6) is -1.61. The third-order valence-corrected chi connectivity index (χ3v) is 3.82. The van der Waals surface area contributed by atoms with E-state index in [9.17, 15) is 22.2 Å². The molecule has 1 rings (SSSR count). The smallest absolute Gasteiger partial charge is 0.480 e. The lowest BCUT2D eigenvalue weighted by Crippen LogP contribution is -2.22. The Morgan fingerprint density at radius 1 is 1.37 bits per heavy atom. The van der Waals surface area contributed by atoms with Crippen molar-refractivity contribution < 1.29 is 32.0 Å². The Bertz CT molecular complexity index is 470. The molecule has 1 N–H and O–H groups in total. The van der Waals surface area contributed by atoms with E-state index < -0.39 is 28.4 Å². The number of carboxylic acids is 1. The molecule has 0 radical (unpaired) electrons. The molecule has 1 aromatic carbocycles. The second-order valence-electron chi connectivity index (χ2n) is 3.70. The largest absolute Gasteiger partial charge is 0.573 e. The van der Waals surface area contributed by atoms with Crippen molar-refractivity contribution in [2.24, 2.45) is 0 Å². The van der Waals surface area contributed by atoms with E-state index in [4.69, 9.17) is 5.11 Å². The fraction of sp³-hybridized carbons (Fsp3) is 0.364. The topological polar surface area (TPSA) is 63.6 Å². The Kier molecular flexibility index (Phi) is 4.93. The van der Waals surface area contributed by atoms with Gasteiger partial charge in [0, 0.05) is 16.6 Å². The lowest BCUT2D eigenvalue weighted by atomic mass is 10.2. The van der Waals surface area contributed by atoms with Gasteiger partial charge < -0.3 is 9.84 Å². The van der Waals surface area contributed by atoms with Gasteiger partial charge in [0.05, 0.1) is 0 Å². The van der Waals surface area contributed by atoms with Crippen LogP contribution in [0.25, 0.3) is 0 Å². The quantitative estimate of drug-likeness (QED) is 0.905. The predicted octanol–water partition coefficient (Wildman–Crippen LogP) is 2.31. The summed E-state index contributed by atoms with van der Waals surface area (Å²) in [7, 11) is -1.63. The number of aliphatic carboxylic acids is 1. The molecule has 1 aromatic rings. The molecule has 2 atom stereocenters.